The van der Waals surface area contributed by atoms with Crippen molar-refractivity contribution in [3.63, 3.8) is 0 Å². The van der Waals surface area contributed by atoms with Crippen LogP contribution in [0.5, 0.6) is 5.75 Å². The Labute approximate surface area is 191 Å². The van der Waals surface area contributed by atoms with Crippen LogP contribution in [-0.4, -0.2) is 53.4 Å². The molecule has 0 N–H and O–H groups in total. The highest BCUT2D eigenvalue weighted by atomic mass is 35.5. The van der Waals surface area contributed by atoms with Crippen LogP contribution in [0, 0.1) is 0 Å². The van der Waals surface area contributed by atoms with Gasteiger partial charge in [0.15, 0.2) is 0 Å². The Morgan fingerprint density at radius 3 is 2.41 bits per heavy atom. The lowest BCUT2D eigenvalue weighted by atomic mass is 10.1. The van der Waals surface area contributed by atoms with Crippen molar-refractivity contribution in [2.45, 2.75) is 0 Å². The Morgan fingerprint density at radius 1 is 1.06 bits per heavy atom. The van der Waals surface area contributed by atoms with Gasteiger partial charge in [0.2, 0.25) is 0 Å². The number of hydrogen-bond acceptors (Lipinski definition) is 5. The van der Waals surface area contributed by atoms with Crippen molar-refractivity contribution in [3.8, 4) is 11.4 Å². The number of anilines is 1. The van der Waals surface area contributed by atoms with Crippen molar-refractivity contribution >= 4 is 23.2 Å². The van der Waals surface area contributed by atoms with E-state index in [1.165, 1.54) is 4.68 Å². The second kappa shape index (κ2) is 9.70. The number of ether oxygens (including phenoxy) is 1. The van der Waals surface area contributed by atoms with Crippen molar-refractivity contribution < 1.29 is 9.53 Å². The Bertz CT molecular complexity index is 1150. The van der Waals surface area contributed by atoms with Crippen molar-refractivity contribution in [1.29, 1.82) is 0 Å². The maximum Gasteiger partial charge on any atom is 0.292 e. The number of benzene rings is 2. The van der Waals surface area contributed by atoms with Crippen LogP contribution in [0.4, 0.5) is 5.69 Å². The fraction of sp³-hybridized carbons (Fsp3) is 0.208. The molecule has 2 heterocycles. The van der Waals surface area contributed by atoms with Gasteiger partial charge < -0.3 is 14.5 Å². The van der Waals surface area contributed by atoms with Gasteiger partial charge in [-0.05, 0) is 36.4 Å². The van der Waals surface area contributed by atoms with Crippen molar-refractivity contribution in [2.24, 2.45) is 0 Å². The minimum absolute atomic E-state index is 0.0383. The monoisotopic (exact) mass is 450 g/mol. The summed E-state index contributed by atoms with van der Waals surface area (Å²) >= 11 is 6.41. The van der Waals surface area contributed by atoms with Crippen LogP contribution in [0.1, 0.15) is 10.4 Å². The number of para-hydroxylation sites is 1. The number of carbonyl (C=O) groups excluding carboxylic acids is 1. The fourth-order valence-electron chi connectivity index (χ4n) is 3.58. The van der Waals surface area contributed by atoms with E-state index in [0.29, 0.717) is 55.5 Å². The van der Waals surface area contributed by atoms with Gasteiger partial charge in [-0.25, -0.2) is 0 Å². The average Bonchev–Trinajstić information content (AvgIpc) is 2.85. The largest absolute Gasteiger partial charge is 0.490 e. The summed E-state index contributed by atoms with van der Waals surface area (Å²) in [5, 5.41) is 4.42. The minimum Gasteiger partial charge on any atom is -0.490 e. The molecule has 1 aliphatic heterocycles. The number of halogens is 1. The normalized spacial score (nSPS) is 13.7. The third kappa shape index (κ3) is 4.53. The highest BCUT2D eigenvalue weighted by Gasteiger charge is 2.25. The Morgan fingerprint density at radius 2 is 1.75 bits per heavy atom. The molecule has 7 nitrogen and oxygen atoms in total. The van der Waals surface area contributed by atoms with Gasteiger partial charge in [0, 0.05) is 31.7 Å². The number of piperazine rings is 1. The van der Waals surface area contributed by atoms with E-state index in [4.69, 9.17) is 16.3 Å². The molecule has 1 fully saturated rings. The summed E-state index contributed by atoms with van der Waals surface area (Å²) in [6.07, 6.45) is 3.28. The molecule has 0 aliphatic carbocycles. The summed E-state index contributed by atoms with van der Waals surface area (Å²) < 4.78 is 6.75. The summed E-state index contributed by atoms with van der Waals surface area (Å²) in [5.41, 5.74) is 1.48. The molecule has 0 radical (unpaired) electrons. The molecule has 4 rings (SSSR count). The lowest BCUT2D eigenvalue weighted by molar-refractivity contribution is 0.0746. The quantitative estimate of drug-likeness (QED) is 0.538. The molecule has 1 aliphatic rings. The molecule has 32 heavy (non-hydrogen) atoms. The van der Waals surface area contributed by atoms with Crippen LogP contribution in [-0.2, 0) is 0 Å². The zero-order valence-corrected chi connectivity index (χ0v) is 18.2. The summed E-state index contributed by atoms with van der Waals surface area (Å²) in [4.78, 5) is 29.4. The molecule has 1 amide bonds. The lowest BCUT2D eigenvalue weighted by Crippen LogP contribution is -2.49. The average molecular weight is 451 g/mol. The number of rotatable bonds is 6. The van der Waals surface area contributed by atoms with Crippen molar-refractivity contribution in [3.05, 3.63) is 94.4 Å². The van der Waals surface area contributed by atoms with Gasteiger partial charge in [0.25, 0.3) is 11.5 Å². The molecule has 0 unspecified atom stereocenters. The first-order valence-corrected chi connectivity index (χ1v) is 10.7. The van der Waals surface area contributed by atoms with Crippen molar-refractivity contribution in [1.82, 2.24) is 14.7 Å². The van der Waals surface area contributed by atoms with E-state index < -0.39 is 0 Å². The molecule has 0 spiro atoms. The Kier molecular flexibility index (Phi) is 6.56. The van der Waals surface area contributed by atoms with E-state index >= 15 is 0 Å². The number of carbonyl (C=O) groups is 1. The molecule has 0 atom stereocenters. The predicted molar refractivity (Wildman–Crippen MR) is 125 cm³/mol. The SMILES string of the molecule is C=CCOc1ccc(C(=O)N2CCN(c3cnn(-c4ccccc4)c(=O)c3Cl)CC2)cc1. The van der Waals surface area contributed by atoms with Crippen molar-refractivity contribution in [2.75, 3.05) is 37.7 Å². The van der Waals surface area contributed by atoms with Gasteiger partial charge in [-0.1, -0.05) is 42.5 Å². The van der Waals surface area contributed by atoms with E-state index in [0.717, 1.165) is 0 Å². The topological polar surface area (TPSA) is 67.7 Å². The van der Waals surface area contributed by atoms with Crippen LogP contribution >= 0.6 is 11.6 Å². The molecular weight excluding hydrogens is 428 g/mol. The van der Waals surface area contributed by atoms with Crippen LogP contribution < -0.4 is 15.2 Å². The van der Waals surface area contributed by atoms with Crippen LogP contribution in [0.25, 0.3) is 5.69 Å². The zero-order chi connectivity index (χ0) is 22.5. The molecule has 1 saturated heterocycles. The van der Waals surface area contributed by atoms with Gasteiger partial charge in [-0.2, -0.15) is 9.78 Å². The summed E-state index contributed by atoms with van der Waals surface area (Å²) in [6, 6.07) is 16.2. The smallest absolute Gasteiger partial charge is 0.292 e. The Hall–Kier alpha value is -3.58. The predicted octanol–water partition coefficient (Wildman–Crippen LogP) is 3.41. The summed E-state index contributed by atoms with van der Waals surface area (Å²) in [6.45, 7) is 6.19. The molecule has 2 aromatic carbocycles. The van der Waals surface area contributed by atoms with E-state index in [1.807, 2.05) is 23.1 Å². The molecular formula is C24H23ClN4O3. The number of amides is 1. The fourth-order valence-corrected chi connectivity index (χ4v) is 3.83. The second-order valence-electron chi connectivity index (χ2n) is 7.30. The molecule has 0 bridgehead atoms. The maximum atomic E-state index is 12.8. The minimum atomic E-state index is -0.368. The first kappa shape index (κ1) is 21.6. The molecule has 0 saturated carbocycles. The summed E-state index contributed by atoms with van der Waals surface area (Å²) in [5.74, 6) is 0.655. The number of nitrogens with zero attached hydrogens (tertiary/aromatic N) is 4. The number of aromatic nitrogens is 2. The molecule has 164 valence electrons. The van der Waals surface area contributed by atoms with E-state index in [9.17, 15) is 9.59 Å². The van der Waals surface area contributed by atoms with Crippen LogP contribution in [0.3, 0.4) is 0 Å². The van der Waals surface area contributed by atoms with Crippen LogP contribution in [0.2, 0.25) is 5.02 Å². The van der Waals surface area contributed by atoms with E-state index in [2.05, 4.69) is 11.7 Å². The van der Waals surface area contributed by atoms with Gasteiger partial charge in [-0.15, -0.1) is 0 Å². The summed E-state index contributed by atoms with van der Waals surface area (Å²) in [7, 11) is 0. The first-order chi connectivity index (χ1) is 15.6. The Balaban J connectivity index is 1.42. The van der Waals surface area contributed by atoms with Gasteiger partial charge in [0.1, 0.15) is 17.4 Å². The lowest BCUT2D eigenvalue weighted by Gasteiger charge is -2.36. The zero-order valence-electron chi connectivity index (χ0n) is 17.5. The van der Waals surface area contributed by atoms with Gasteiger partial charge in [-0.3, -0.25) is 9.59 Å². The van der Waals surface area contributed by atoms with Crippen LogP contribution in [0.15, 0.2) is 78.2 Å². The maximum absolute atomic E-state index is 12.8. The standard InChI is InChI=1S/C24H23ClN4O3/c1-2-16-32-20-10-8-18(9-11-20)23(30)28-14-12-27(13-15-28)21-17-26-29(24(31)22(21)25)19-6-4-3-5-7-19/h2-11,17H,1,12-16H2. The third-order valence-electron chi connectivity index (χ3n) is 5.28. The van der Waals surface area contributed by atoms with Gasteiger partial charge >= 0.3 is 0 Å². The third-order valence-corrected chi connectivity index (χ3v) is 5.63. The molecule has 8 heteroatoms. The second-order valence-corrected chi connectivity index (χ2v) is 7.68. The molecule has 1 aromatic heterocycles. The number of hydrogen-bond donors (Lipinski definition) is 0. The highest BCUT2D eigenvalue weighted by Crippen LogP contribution is 2.24. The first-order valence-electron chi connectivity index (χ1n) is 10.3. The highest BCUT2D eigenvalue weighted by molar-refractivity contribution is 6.33. The van der Waals surface area contributed by atoms with E-state index in [1.54, 1.807) is 53.6 Å². The molecule has 3 aromatic rings. The van der Waals surface area contributed by atoms with E-state index in [-0.39, 0.29) is 16.5 Å². The van der Waals surface area contributed by atoms with Gasteiger partial charge in [0.05, 0.1) is 17.6 Å².